The third-order valence-corrected chi connectivity index (χ3v) is 3.21. The van der Waals surface area contributed by atoms with Crippen LogP contribution in [0.15, 0.2) is 24.3 Å². The van der Waals surface area contributed by atoms with Crippen molar-refractivity contribution in [1.29, 1.82) is 0 Å². The Hall–Kier alpha value is -1.51. The molecule has 106 valence electrons. The number of para-hydroxylation sites is 1. The summed E-state index contributed by atoms with van der Waals surface area (Å²) in [5.74, 6) is 0.791. The number of hydrogen-bond acceptors (Lipinski definition) is 2. The molecule has 0 aliphatic carbocycles. The van der Waals surface area contributed by atoms with Gasteiger partial charge in [-0.05, 0) is 30.9 Å². The number of rotatable bonds is 4. The monoisotopic (exact) mass is 263 g/mol. The zero-order valence-corrected chi connectivity index (χ0v) is 12.9. The predicted octanol–water partition coefficient (Wildman–Crippen LogP) is 3.23. The van der Waals surface area contributed by atoms with Gasteiger partial charge in [0.05, 0.1) is 0 Å². The third-order valence-electron chi connectivity index (χ3n) is 3.21. The number of ether oxygens (including phenoxy) is 1. The van der Waals surface area contributed by atoms with E-state index in [1.54, 1.807) is 11.9 Å². The molecule has 1 aromatic carbocycles. The fourth-order valence-corrected chi connectivity index (χ4v) is 1.74. The number of hydrogen-bond donors (Lipinski definition) is 0. The van der Waals surface area contributed by atoms with E-state index in [-0.39, 0.29) is 24.0 Å². The Balaban J connectivity index is 2.77. The lowest BCUT2D eigenvalue weighted by Crippen LogP contribution is -2.36. The molecule has 0 aliphatic heterocycles. The molecule has 0 N–H and O–H groups in total. The fraction of sp³-hybridized carbons (Fsp3) is 0.562. The first kappa shape index (κ1) is 15.5. The highest BCUT2D eigenvalue weighted by molar-refractivity contribution is 5.77. The molecule has 1 aromatic rings. The van der Waals surface area contributed by atoms with Gasteiger partial charge < -0.3 is 9.64 Å². The number of benzene rings is 1. The summed E-state index contributed by atoms with van der Waals surface area (Å²) < 4.78 is 5.71. The minimum Gasteiger partial charge on any atom is -0.483 e. The van der Waals surface area contributed by atoms with Crippen LogP contribution in [0.25, 0.3) is 0 Å². The average molecular weight is 263 g/mol. The lowest BCUT2D eigenvalue weighted by molar-refractivity contribution is -0.133. The smallest absolute Gasteiger partial charge is 0.260 e. The molecule has 0 aromatic heterocycles. The van der Waals surface area contributed by atoms with Crippen molar-refractivity contribution in [2.24, 2.45) is 0 Å². The van der Waals surface area contributed by atoms with Gasteiger partial charge in [-0.3, -0.25) is 4.79 Å². The number of carbonyl (C=O) groups excluding carboxylic acids is 1. The lowest BCUT2D eigenvalue weighted by Gasteiger charge is -2.24. The van der Waals surface area contributed by atoms with Gasteiger partial charge in [0.2, 0.25) is 0 Å². The second-order valence-electron chi connectivity index (χ2n) is 6.13. The van der Waals surface area contributed by atoms with E-state index in [1.807, 2.05) is 38.1 Å². The highest BCUT2D eigenvalue weighted by atomic mass is 16.5. The Kier molecular flexibility index (Phi) is 4.98. The van der Waals surface area contributed by atoms with Crippen molar-refractivity contribution in [2.45, 2.75) is 46.1 Å². The quantitative estimate of drug-likeness (QED) is 0.834. The summed E-state index contributed by atoms with van der Waals surface area (Å²) in [6, 6.07) is 8.08. The summed E-state index contributed by atoms with van der Waals surface area (Å²) in [4.78, 5) is 13.6. The van der Waals surface area contributed by atoms with E-state index >= 15 is 0 Å². The molecule has 0 saturated heterocycles. The van der Waals surface area contributed by atoms with Crippen molar-refractivity contribution < 1.29 is 9.53 Å². The first-order valence-corrected chi connectivity index (χ1v) is 6.71. The minimum atomic E-state index is -0.00119. The van der Waals surface area contributed by atoms with Gasteiger partial charge in [0.25, 0.3) is 5.91 Å². The van der Waals surface area contributed by atoms with E-state index in [1.165, 1.54) is 0 Å². The molecule has 0 unspecified atom stereocenters. The maximum Gasteiger partial charge on any atom is 0.260 e. The highest BCUT2D eigenvalue weighted by Gasteiger charge is 2.19. The van der Waals surface area contributed by atoms with Crippen molar-refractivity contribution in [3.63, 3.8) is 0 Å². The maximum atomic E-state index is 11.9. The van der Waals surface area contributed by atoms with E-state index in [9.17, 15) is 4.79 Å². The van der Waals surface area contributed by atoms with Crippen molar-refractivity contribution in [3.05, 3.63) is 29.8 Å². The van der Waals surface area contributed by atoms with Crippen LogP contribution in [0, 0.1) is 0 Å². The zero-order chi connectivity index (χ0) is 14.6. The fourth-order valence-electron chi connectivity index (χ4n) is 1.74. The largest absolute Gasteiger partial charge is 0.483 e. The van der Waals surface area contributed by atoms with Crippen molar-refractivity contribution >= 4 is 5.91 Å². The molecular weight excluding hydrogens is 238 g/mol. The Morgan fingerprint density at radius 1 is 1.26 bits per heavy atom. The average Bonchev–Trinajstić information content (AvgIpc) is 2.34. The lowest BCUT2D eigenvalue weighted by atomic mass is 9.86. The van der Waals surface area contributed by atoms with Crippen LogP contribution in [0.5, 0.6) is 5.75 Å². The molecular formula is C16H25NO2. The van der Waals surface area contributed by atoms with E-state index in [2.05, 4.69) is 20.8 Å². The summed E-state index contributed by atoms with van der Waals surface area (Å²) in [5.41, 5.74) is 1.12. The van der Waals surface area contributed by atoms with E-state index < -0.39 is 0 Å². The topological polar surface area (TPSA) is 29.5 Å². The van der Waals surface area contributed by atoms with Gasteiger partial charge in [0, 0.05) is 13.1 Å². The highest BCUT2D eigenvalue weighted by Crippen LogP contribution is 2.30. The van der Waals surface area contributed by atoms with Gasteiger partial charge in [-0.2, -0.15) is 0 Å². The van der Waals surface area contributed by atoms with E-state index in [4.69, 9.17) is 4.74 Å². The Morgan fingerprint density at radius 2 is 1.84 bits per heavy atom. The summed E-state index contributed by atoms with van der Waals surface area (Å²) in [6.07, 6.45) is 0. The molecule has 3 heteroatoms. The van der Waals surface area contributed by atoms with Gasteiger partial charge in [0.1, 0.15) is 5.75 Å². The van der Waals surface area contributed by atoms with E-state index in [0.29, 0.717) is 0 Å². The van der Waals surface area contributed by atoms with Crippen LogP contribution in [0.1, 0.15) is 40.2 Å². The Labute approximate surface area is 116 Å². The standard InChI is InChI=1S/C16H25NO2/c1-12(2)17(6)15(18)11-19-14-10-8-7-9-13(14)16(3,4)5/h7-10,12H,11H2,1-6H3. The normalized spacial score (nSPS) is 11.5. The SMILES string of the molecule is CC(C)N(C)C(=O)COc1ccccc1C(C)(C)C. The molecule has 0 atom stereocenters. The van der Waals surface area contributed by atoms with Gasteiger partial charge in [-0.15, -0.1) is 0 Å². The maximum absolute atomic E-state index is 11.9. The third kappa shape index (κ3) is 4.27. The van der Waals surface area contributed by atoms with Crippen LogP contribution in [0.2, 0.25) is 0 Å². The number of amides is 1. The molecule has 0 saturated carbocycles. The van der Waals surface area contributed by atoms with Crippen molar-refractivity contribution in [2.75, 3.05) is 13.7 Å². The molecule has 0 bridgehead atoms. The predicted molar refractivity (Wildman–Crippen MR) is 78.5 cm³/mol. The van der Waals surface area contributed by atoms with Crippen LogP contribution >= 0.6 is 0 Å². The first-order valence-electron chi connectivity index (χ1n) is 6.71. The first-order chi connectivity index (χ1) is 8.73. The van der Waals surface area contributed by atoms with Gasteiger partial charge in [0.15, 0.2) is 6.61 Å². The zero-order valence-electron chi connectivity index (χ0n) is 12.9. The summed E-state index contributed by atoms with van der Waals surface area (Å²) in [6.45, 7) is 10.5. The molecule has 0 radical (unpaired) electrons. The minimum absolute atomic E-state index is 0.00119. The Morgan fingerprint density at radius 3 is 2.37 bits per heavy atom. The van der Waals surface area contributed by atoms with Gasteiger partial charge >= 0.3 is 0 Å². The van der Waals surface area contributed by atoms with Crippen molar-refractivity contribution in [1.82, 2.24) is 4.90 Å². The second kappa shape index (κ2) is 6.09. The second-order valence-corrected chi connectivity index (χ2v) is 6.13. The molecule has 0 aliphatic rings. The molecule has 0 heterocycles. The number of likely N-dealkylation sites (N-methyl/N-ethyl adjacent to an activating group) is 1. The van der Waals surface area contributed by atoms with Crippen LogP contribution < -0.4 is 4.74 Å². The van der Waals surface area contributed by atoms with Crippen molar-refractivity contribution in [3.8, 4) is 5.75 Å². The molecule has 0 fully saturated rings. The summed E-state index contributed by atoms with van der Waals surface area (Å²) in [5, 5.41) is 0. The van der Waals surface area contributed by atoms with Crippen LogP contribution in [-0.2, 0) is 10.2 Å². The molecule has 1 amide bonds. The molecule has 3 nitrogen and oxygen atoms in total. The van der Waals surface area contributed by atoms with Gasteiger partial charge in [-0.25, -0.2) is 0 Å². The summed E-state index contributed by atoms with van der Waals surface area (Å²) >= 11 is 0. The van der Waals surface area contributed by atoms with Crippen LogP contribution in [-0.4, -0.2) is 30.5 Å². The van der Waals surface area contributed by atoms with Gasteiger partial charge in [-0.1, -0.05) is 39.0 Å². The summed E-state index contributed by atoms with van der Waals surface area (Å²) in [7, 11) is 1.80. The molecule has 19 heavy (non-hydrogen) atoms. The number of carbonyl (C=O) groups is 1. The molecule has 0 spiro atoms. The number of nitrogens with zero attached hydrogens (tertiary/aromatic N) is 1. The van der Waals surface area contributed by atoms with Crippen LogP contribution in [0.4, 0.5) is 0 Å². The molecule has 1 rings (SSSR count). The van der Waals surface area contributed by atoms with E-state index in [0.717, 1.165) is 11.3 Å². The Bertz CT molecular complexity index is 433. The van der Waals surface area contributed by atoms with Crippen LogP contribution in [0.3, 0.4) is 0 Å².